The number of pyridine rings is 2. The zero-order valence-electron chi connectivity index (χ0n) is 33.7. The largest absolute Gasteiger partial charge is 0.478 e. The number of hydrogen-bond donors (Lipinski definition) is 3. The van der Waals surface area contributed by atoms with Crippen LogP contribution in [0, 0.1) is 5.92 Å². The molecule has 1 atom stereocenters. The number of nitrogens with zero attached hydrogens (tertiary/aromatic N) is 9. The summed E-state index contributed by atoms with van der Waals surface area (Å²) in [7, 11) is 3.42. The number of piperazine rings is 1. The van der Waals surface area contributed by atoms with Gasteiger partial charge in [-0.15, -0.1) is 0 Å². The van der Waals surface area contributed by atoms with Gasteiger partial charge in [0, 0.05) is 88.8 Å². The van der Waals surface area contributed by atoms with Gasteiger partial charge < -0.3 is 25.2 Å². The molecule has 0 aliphatic carbocycles. The van der Waals surface area contributed by atoms with Crippen LogP contribution >= 0.6 is 11.6 Å². The molecule has 4 aromatic heterocycles. The summed E-state index contributed by atoms with van der Waals surface area (Å²) in [6, 6.07) is 9.62. The van der Waals surface area contributed by atoms with Crippen molar-refractivity contribution < 1.29 is 19.1 Å². The van der Waals surface area contributed by atoms with E-state index >= 15 is 0 Å². The summed E-state index contributed by atoms with van der Waals surface area (Å²) in [5.41, 5.74) is 3.63. The van der Waals surface area contributed by atoms with E-state index in [9.17, 15) is 19.2 Å². The van der Waals surface area contributed by atoms with Crippen LogP contribution in [0.2, 0.25) is 5.02 Å². The van der Waals surface area contributed by atoms with E-state index in [1.54, 1.807) is 23.0 Å². The van der Waals surface area contributed by atoms with E-state index in [0.717, 1.165) is 80.9 Å². The molecule has 1 unspecified atom stereocenters. The minimum Gasteiger partial charge on any atom is -0.478 e. The highest BCUT2D eigenvalue weighted by Gasteiger charge is 2.32. The van der Waals surface area contributed by atoms with Crippen LogP contribution in [0.15, 0.2) is 47.5 Å². The molecule has 0 saturated carbocycles. The van der Waals surface area contributed by atoms with Gasteiger partial charge in [0.1, 0.15) is 10.7 Å². The molecule has 0 bridgehead atoms. The topological polar surface area (TPSA) is 185 Å². The number of imide groups is 1. The SMILES string of the molecule is CNC(=O)COc1cc2cc(Nc3nc(N4CCN(CC5CCN(c6ccc7c(C8CCC(=O)NC8=O)nn(C)c7c6)CC5)CC4)ncc3Cl)cnc2n(C(C)C)c1=O. The molecule has 3 fully saturated rings. The van der Waals surface area contributed by atoms with Gasteiger partial charge in [0.2, 0.25) is 17.8 Å². The van der Waals surface area contributed by atoms with Gasteiger partial charge in [-0.2, -0.15) is 10.1 Å². The number of fused-ring (bicyclic) bond motifs is 2. The van der Waals surface area contributed by atoms with E-state index in [2.05, 4.69) is 58.8 Å². The average Bonchev–Trinajstić information content (AvgIpc) is 3.56. The van der Waals surface area contributed by atoms with Crippen LogP contribution in [0.25, 0.3) is 21.9 Å². The van der Waals surface area contributed by atoms with Crippen molar-refractivity contribution in [2.24, 2.45) is 13.0 Å². The van der Waals surface area contributed by atoms with Gasteiger partial charge in [0.15, 0.2) is 18.2 Å². The van der Waals surface area contributed by atoms with Gasteiger partial charge in [-0.25, -0.2) is 9.97 Å². The van der Waals surface area contributed by atoms with E-state index in [4.69, 9.17) is 26.4 Å². The smallest absolute Gasteiger partial charge is 0.294 e. The Bertz CT molecular complexity index is 2470. The van der Waals surface area contributed by atoms with Crippen molar-refractivity contribution >= 4 is 74.4 Å². The molecular weight excluding hydrogens is 776 g/mol. The van der Waals surface area contributed by atoms with E-state index in [1.165, 1.54) is 7.05 Å². The lowest BCUT2D eigenvalue weighted by Crippen LogP contribution is -2.49. The number of aryl methyl sites for hydroxylation is 1. The Morgan fingerprint density at radius 1 is 0.983 bits per heavy atom. The molecule has 18 heteroatoms. The zero-order valence-corrected chi connectivity index (χ0v) is 34.5. The summed E-state index contributed by atoms with van der Waals surface area (Å²) in [5.74, 6) is 0.445. The second kappa shape index (κ2) is 16.8. The lowest BCUT2D eigenvalue weighted by Gasteiger charge is -2.39. The zero-order chi connectivity index (χ0) is 41.4. The molecule has 3 aliphatic heterocycles. The predicted molar refractivity (Wildman–Crippen MR) is 226 cm³/mol. The number of nitrogens with one attached hydrogen (secondary N) is 3. The van der Waals surface area contributed by atoms with Crippen LogP contribution < -0.4 is 36.0 Å². The molecular formula is C41H49ClN12O5. The van der Waals surface area contributed by atoms with Gasteiger partial charge in [-0.05, 0) is 69.4 Å². The molecule has 310 valence electrons. The molecule has 3 amide bonds. The number of ether oxygens (including phenoxy) is 1. The number of amides is 3. The average molecular weight is 825 g/mol. The fourth-order valence-electron chi connectivity index (χ4n) is 8.35. The minimum atomic E-state index is -0.415. The minimum absolute atomic E-state index is 0.0595. The first-order valence-electron chi connectivity index (χ1n) is 20.2. The Hall–Kier alpha value is -5.81. The standard InChI is InChI=1S/C41H49ClN12O5/c1-24(2)54-38-26(18-33(40(54)58)59-23-35(56)43-3)17-27(20-44-38)46-37-31(42)21-45-41(48-37)53-15-13-51(14-16-53)22-25-9-11-52(12-10-25)28-5-6-29-32(19-28)50(4)49-36(29)30-7-8-34(55)47-39(30)57/h5-6,17-21,24-25,30H,7-16,22-23H2,1-4H3,(H,43,56)(H,45,46,48)(H,47,55,57). The molecule has 3 saturated heterocycles. The van der Waals surface area contributed by atoms with E-state index in [-0.39, 0.29) is 41.7 Å². The van der Waals surface area contributed by atoms with E-state index < -0.39 is 5.92 Å². The maximum absolute atomic E-state index is 13.2. The Balaban J connectivity index is 0.862. The highest BCUT2D eigenvalue weighted by atomic mass is 35.5. The number of hydrogen-bond acceptors (Lipinski definition) is 13. The van der Waals surface area contributed by atoms with Crippen LogP contribution in [0.5, 0.6) is 5.75 Å². The van der Waals surface area contributed by atoms with Crippen molar-refractivity contribution in [1.29, 1.82) is 0 Å². The Kier molecular flexibility index (Phi) is 11.4. The Labute approximate surface area is 346 Å². The molecule has 5 aromatic rings. The summed E-state index contributed by atoms with van der Waals surface area (Å²) in [4.78, 5) is 70.4. The number of rotatable bonds is 11. The van der Waals surface area contributed by atoms with Crippen molar-refractivity contribution in [3.8, 4) is 5.75 Å². The first-order valence-corrected chi connectivity index (χ1v) is 20.5. The number of benzene rings is 1. The van der Waals surface area contributed by atoms with Gasteiger partial charge in [0.05, 0.1) is 35.2 Å². The second-order valence-electron chi connectivity index (χ2n) is 15.8. The highest BCUT2D eigenvalue weighted by Crippen LogP contribution is 2.34. The third-order valence-corrected chi connectivity index (χ3v) is 11.8. The monoisotopic (exact) mass is 824 g/mol. The third-order valence-electron chi connectivity index (χ3n) is 11.6. The summed E-state index contributed by atoms with van der Waals surface area (Å²) >= 11 is 6.59. The summed E-state index contributed by atoms with van der Waals surface area (Å²) < 4.78 is 8.98. The Morgan fingerprint density at radius 3 is 2.49 bits per heavy atom. The first kappa shape index (κ1) is 40.0. The molecule has 59 heavy (non-hydrogen) atoms. The second-order valence-corrected chi connectivity index (χ2v) is 16.2. The van der Waals surface area contributed by atoms with Crippen LogP contribution in [0.3, 0.4) is 0 Å². The number of likely N-dealkylation sites (N-methyl/N-ethyl adjacent to an activating group) is 1. The molecule has 0 spiro atoms. The van der Waals surface area contributed by atoms with Crippen molar-refractivity contribution in [1.82, 2.24) is 44.8 Å². The van der Waals surface area contributed by atoms with Crippen LogP contribution in [-0.4, -0.2) is 111 Å². The number of carbonyl (C=O) groups is 3. The van der Waals surface area contributed by atoms with Crippen LogP contribution in [0.1, 0.15) is 57.2 Å². The van der Waals surface area contributed by atoms with Gasteiger partial charge in [0.25, 0.3) is 11.5 Å². The quantitative estimate of drug-likeness (QED) is 0.164. The highest BCUT2D eigenvalue weighted by molar-refractivity contribution is 6.33. The lowest BCUT2D eigenvalue weighted by molar-refractivity contribution is -0.134. The molecule has 3 N–H and O–H groups in total. The summed E-state index contributed by atoms with van der Waals surface area (Å²) in [6.45, 7) is 9.86. The summed E-state index contributed by atoms with van der Waals surface area (Å²) in [5, 5.41) is 14.9. The van der Waals surface area contributed by atoms with Gasteiger partial charge >= 0.3 is 0 Å². The molecule has 17 nitrogen and oxygen atoms in total. The molecule has 8 rings (SSSR count). The fraction of sp³-hybridized carbons (Fsp3) is 0.463. The Morgan fingerprint density at radius 2 is 1.76 bits per heavy atom. The third kappa shape index (κ3) is 8.39. The molecule has 3 aliphatic rings. The number of carbonyl (C=O) groups excluding carboxylic acids is 3. The fourth-order valence-corrected chi connectivity index (χ4v) is 8.49. The number of halogens is 1. The van der Waals surface area contributed by atoms with Crippen molar-refractivity contribution in [2.45, 2.75) is 51.5 Å². The normalized spacial score (nSPS) is 18.2. The number of aromatic nitrogens is 6. The maximum atomic E-state index is 13.2. The molecule has 7 heterocycles. The van der Waals surface area contributed by atoms with Gasteiger partial charge in [-0.3, -0.25) is 38.6 Å². The van der Waals surface area contributed by atoms with Crippen molar-refractivity contribution in [3.05, 3.63) is 63.8 Å². The maximum Gasteiger partial charge on any atom is 0.294 e. The van der Waals surface area contributed by atoms with E-state index in [1.807, 2.05) is 31.6 Å². The summed E-state index contributed by atoms with van der Waals surface area (Å²) in [6.07, 6.45) is 6.24. The van der Waals surface area contributed by atoms with Crippen molar-refractivity contribution in [3.63, 3.8) is 0 Å². The number of anilines is 4. The van der Waals surface area contributed by atoms with Crippen LogP contribution in [0.4, 0.5) is 23.1 Å². The van der Waals surface area contributed by atoms with Crippen LogP contribution in [-0.2, 0) is 21.4 Å². The molecule has 1 aromatic carbocycles. The molecule has 0 radical (unpaired) electrons. The first-order chi connectivity index (χ1) is 28.4. The predicted octanol–water partition coefficient (Wildman–Crippen LogP) is 3.73. The van der Waals surface area contributed by atoms with Gasteiger partial charge in [-0.1, -0.05) is 11.6 Å². The van der Waals surface area contributed by atoms with Crippen molar-refractivity contribution in [2.75, 3.05) is 74.6 Å². The number of piperidine rings is 2. The lowest BCUT2D eigenvalue weighted by atomic mass is 9.92. The van der Waals surface area contributed by atoms with E-state index in [0.29, 0.717) is 52.3 Å².